The van der Waals surface area contributed by atoms with Gasteiger partial charge in [0, 0.05) is 30.7 Å². The average molecular weight is 479 g/mol. The normalized spacial score (nSPS) is 14.2. The molecule has 0 N–H and O–H groups in total. The number of fused-ring (bicyclic) bond motifs is 2. The van der Waals surface area contributed by atoms with Crippen molar-refractivity contribution in [3.05, 3.63) is 46.8 Å². The number of nitrogens with zero attached hydrogens (tertiary/aromatic N) is 2. The Morgan fingerprint density at radius 1 is 1.16 bits per heavy atom. The third-order valence-electron chi connectivity index (χ3n) is 4.79. The molecule has 0 saturated heterocycles. The van der Waals surface area contributed by atoms with Gasteiger partial charge in [-0.2, -0.15) is 16.8 Å². The number of thioether (sulfide) groups is 1. The van der Waals surface area contributed by atoms with E-state index in [4.69, 9.17) is 9.47 Å². The molecule has 31 heavy (non-hydrogen) atoms. The van der Waals surface area contributed by atoms with Gasteiger partial charge in [-0.1, -0.05) is 23.5 Å². The second kappa shape index (κ2) is 9.05. The predicted molar refractivity (Wildman–Crippen MR) is 123 cm³/mol. The number of aromatic nitrogens is 1. The summed E-state index contributed by atoms with van der Waals surface area (Å²) in [7, 11) is -3.27. The SMILES string of the molecule is CSCCn1c(=NC(=O)Cc2ccc(S(C)(=O)=O)cc2)sc2cc3c(cc21)OCCO3. The summed E-state index contributed by atoms with van der Waals surface area (Å²) in [6, 6.07) is 10.2. The van der Waals surface area contributed by atoms with Gasteiger partial charge in [0.25, 0.3) is 5.91 Å². The van der Waals surface area contributed by atoms with Gasteiger partial charge in [0.2, 0.25) is 0 Å². The minimum absolute atomic E-state index is 0.101. The van der Waals surface area contributed by atoms with E-state index in [0.29, 0.717) is 29.5 Å². The van der Waals surface area contributed by atoms with Gasteiger partial charge in [-0.05, 0) is 24.0 Å². The van der Waals surface area contributed by atoms with E-state index in [2.05, 4.69) is 4.99 Å². The minimum atomic E-state index is -3.27. The number of rotatable bonds is 6. The Morgan fingerprint density at radius 3 is 2.48 bits per heavy atom. The molecule has 2 aromatic carbocycles. The predicted octanol–water partition coefficient (Wildman–Crippen LogP) is 2.91. The standard InChI is InChI=1S/C21H22N2O5S3/c1-29-10-7-23-16-12-17-18(28-9-8-27-17)13-19(16)30-21(23)22-20(24)11-14-3-5-15(6-4-14)31(2,25)26/h3-6,12-13H,7-11H2,1-2H3. The zero-order valence-electron chi connectivity index (χ0n) is 17.2. The molecular weight excluding hydrogens is 456 g/mol. The number of ether oxygens (including phenoxy) is 2. The highest BCUT2D eigenvalue weighted by atomic mass is 32.2. The quantitative estimate of drug-likeness (QED) is 0.541. The fraction of sp³-hybridized carbons (Fsp3) is 0.333. The van der Waals surface area contributed by atoms with Crippen LogP contribution >= 0.6 is 23.1 Å². The molecule has 0 saturated carbocycles. The second-order valence-corrected chi connectivity index (χ2v) is 11.1. The van der Waals surface area contributed by atoms with Crippen LogP contribution in [-0.4, -0.2) is 50.4 Å². The van der Waals surface area contributed by atoms with Gasteiger partial charge in [0.15, 0.2) is 26.1 Å². The first-order valence-corrected chi connectivity index (χ1v) is 13.7. The lowest BCUT2D eigenvalue weighted by molar-refractivity contribution is -0.117. The Balaban J connectivity index is 1.67. The van der Waals surface area contributed by atoms with Crippen molar-refractivity contribution in [2.45, 2.75) is 17.9 Å². The Kier molecular flexibility index (Phi) is 6.40. The average Bonchev–Trinajstić information content (AvgIpc) is 3.05. The van der Waals surface area contributed by atoms with Crippen molar-refractivity contribution >= 4 is 49.1 Å². The van der Waals surface area contributed by atoms with E-state index >= 15 is 0 Å². The molecule has 0 atom stereocenters. The molecule has 10 heteroatoms. The van der Waals surface area contributed by atoms with Gasteiger partial charge >= 0.3 is 0 Å². The second-order valence-electron chi connectivity index (χ2n) is 7.09. The molecule has 0 spiro atoms. The molecule has 1 aliphatic heterocycles. The van der Waals surface area contributed by atoms with E-state index in [-0.39, 0.29) is 17.2 Å². The van der Waals surface area contributed by atoms with Crippen LogP contribution in [0.5, 0.6) is 11.5 Å². The van der Waals surface area contributed by atoms with Crippen molar-refractivity contribution in [1.29, 1.82) is 0 Å². The maximum Gasteiger partial charge on any atom is 0.252 e. The maximum atomic E-state index is 12.7. The molecule has 3 aromatic rings. The molecule has 0 aliphatic carbocycles. The number of amides is 1. The fourth-order valence-electron chi connectivity index (χ4n) is 3.27. The first-order valence-electron chi connectivity index (χ1n) is 9.63. The van der Waals surface area contributed by atoms with Crippen LogP contribution in [0.4, 0.5) is 0 Å². The summed E-state index contributed by atoms with van der Waals surface area (Å²) in [5.74, 6) is 2.02. The van der Waals surface area contributed by atoms with Gasteiger partial charge in [0.1, 0.15) is 13.2 Å². The van der Waals surface area contributed by atoms with E-state index in [1.54, 1.807) is 23.9 Å². The third-order valence-corrected chi connectivity index (χ3v) is 7.55. The van der Waals surface area contributed by atoms with Gasteiger partial charge in [0.05, 0.1) is 21.5 Å². The number of thiazole rings is 1. The van der Waals surface area contributed by atoms with Crippen molar-refractivity contribution in [2.75, 3.05) is 31.5 Å². The van der Waals surface area contributed by atoms with Crippen LogP contribution in [0.2, 0.25) is 0 Å². The smallest absolute Gasteiger partial charge is 0.252 e. The van der Waals surface area contributed by atoms with Crippen molar-refractivity contribution in [2.24, 2.45) is 4.99 Å². The van der Waals surface area contributed by atoms with Crippen molar-refractivity contribution in [1.82, 2.24) is 4.57 Å². The van der Waals surface area contributed by atoms with E-state index in [9.17, 15) is 13.2 Å². The monoisotopic (exact) mass is 478 g/mol. The zero-order chi connectivity index (χ0) is 22.0. The third kappa shape index (κ3) is 4.97. The lowest BCUT2D eigenvalue weighted by atomic mass is 10.1. The largest absolute Gasteiger partial charge is 0.486 e. The highest BCUT2D eigenvalue weighted by Crippen LogP contribution is 2.35. The van der Waals surface area contributed by atoms with Crippen molar-refractivity contribution in [3.63, 3.8) is 0 Å². The molecular formula is C21H22N2O5S3. The number of aryl methyl sites for hydroxylation is 1. The molecule has 1 aliphatic rings. The first kappa shape index (κ1) is 21.9. The minimum Gasteiger partial charge on any atom is -0.486 e. The van der Waals surface area contributed by atoms with Crippen molar-refractivity contribution < 1.29 is 22.7 Å². The van der Waals surface area contributed by atoms with Crippen molar-refractivity contribution in [3.8, 4) is 11.5 Å². The molecule has 0 unspecified atom stereocenters. The van der Waals surface area contributed by atoms with E-state index in [1.807, 2.05) is 23.0 Å². The molecule has 4 rings (SSSR count). The summed E-state index contributed by atoms with van der Waals surface area (Å²) in [5, 5.41) is 0. The lowest BCUT2D eigenvalue weighted by Crippen LogP contribution is -2.19. The molecule has 1 amide bonds. The number of benzene rings is 2. The van der Waals surface area contributed by atoms with Crippen LogP contribution in [0, 0.1) is 0 Å². The molecule has 0 fully saturated rings. The van der Waals surface area contributed by atoms with Crippen LogP contribution in [-0.2, 0) is 27.6 Å². The lowest BCUT2D eigenvalue weighted by Gasteiger charge is -2.18. The van der Waals surface area contributed by atoms with Crippen LogP contribution < -0.4 is 14.3 Å². The van der Waals surface area contributed by atoms with E-state index in [1.165, 1.54) is 23.5 Å². The van der Waals surface area contributed by atoms with Gasteiger partial charge in [-0.3, -0.25) is 4.79 Å². The topological polar surface area (TPSA) is 87.0 Å². The Hall–Kier alpha value is -2.30. The summed E-state index contributed by atoms with van der Waals surface area (Å²) < 4.78 is 37.6. The van der Waals surface area contributed by atoms with E-state index in [0.717, 1.165) is 34.3 Å². The number of sulfone groups is 1. The van der Waals surface area contributed by atoms with Crippen LogP contribution in [0.15, 0.2) is 46.3 Å². The van der Waals surface area contributed by atoms with Gasteiger partial charge in [-0.25, -0.2) is 8.42 Å². The number of carbonyl (C=O) groups excluding carboxylic acids is 1. The first-order chi connectivity index (χ1) is 14.8. The summed E-state index contributed by atoms with van der Waals surface area (Å²) >= 11 is 3.17. The van der Waals surface area contributed by atoms with Crippen LogP contribution in [0.3, 0.4) is 0 Å². The number of hydrogen-bond acceptors (Lipinski definition) is 7. The summed E-state index contributed by atoms with van der Waals surface area (Å²) in [6.45, 7) is 1.75. The summed E-state index contributed by atoms with van der Waals surface area (Å²) in [5.41, 5.74) is 1.68. The molecule has 1 aromatic heterocycles. The molecule has 164 valence electrons. The summed E-state index contributed by atoms with van der Waals surface area (Å²) in [6.07, 6.45) is 3.30. The molecule has 2 heterocycles. The highest BCUT2D eigenvalue weighted by Gasteiger charge is 2.17. The molecule has 0 bridgehead atoms. The zero-order valence-corrected chi connectivity index (χ0v) is 19.6. The Bertz CT molecular complexity index is 1290. The number of hydrogen-bond donors (Lipinski definition) is 0. The van der Waals surface area contributed by atoms with E-state index < -0.39 is 9.84 Å². The number of carbonyl (C=O) groups is 1. The fourth-order valence-corrected chi connectivity index (χ4v) is 5.35. The van der Waals surface area contributed by atoms with Gasteiger partial charge in [-0.15, -0.1) is 0 Å². The van der Waals surface area contributed by atoms with Crippen LogP contribution in [0.25, 0.3) is 10.2 Å². The van der Waals surface area contributed by atoms with Crippen LogP contribution in [0.1, 0.15) is 5.56 Å². The molecule has 0 radical (unpaired) electrons. The Labute approximate surface area is 188 Å². The molecule has 7 nitrogen and oxygen atoms in total. The highest BCUT2D eigenvalue weighted by molar-refractivity contribution is 7.98. The van der Waals surface area contributed by atoms with Gasteiger partial charge < -0.3 is 14.0 Å². The maximum absolute atomic E-state index is 12.7. The summed E-state index contributed by atoms with van der Waals surface area (Å²) in [4.78, 5) is 17.9. The Morgan fingerprint density at radius 2 is 1.84 bits per heavy atom.